The molecule has 1 aromatic rings. The molecule has 0 bridgehead atoms. The maximum absolute atomic E-state index is 13.2. The van der Waals surface area contributed by atoms with E-state index >= 15 is 0 Å². The number of ether oxygens (including phenoxy) is 5. The number of hydrogen-bond donors (Lipinski definition) is 2. The molecule has 43 heavy (non-hydrogen) atoms. The van der Waals surface area contributed by atoms with Gasteiger partial charge in [-0.05, 0) is 55.7 Å². The van der Waals surface area contributed by atoms with Crippen LogP contribution in [0.15, 0.2) is 18.2 Å². The summed E-state index contributed by atoms with van der Waals surface area (Å²) in [6.07, 6.45) is 3.98. The van der Waals surface area contributed by atoms with Gasteiger partial charge in [0.2, 0.25) is 0 Å². The average molecular weight is 608 g/mol. The second kappa shape index (κ2) is 17.7. The summed E-state index contributed by atoms with van der Waals surface area (Å²) in [4.78, 5) is 50.9. The number of nitrogens with one attached hydrogen (secondary N) is 1. The first-order valence-electron chi connectivity index (χ1n) is 15.5. The van der Waals surface area contributed by atoms with Gasteiger partial charge in [-0.3, -0.25) is 10.1 Å². The number of carbonyl (C=O) groups is 4. The molecule has 11 nitrogen and oxygen atoms in total. The molecule has 1 saturated carbocycles. The highest BCUT2D eigenvalue weighted by Crippen LogP contribution is 2.33. The quantitative estimate of drug-likeness (QED) is 0.0901. The molecule has 0 saturated heterocycles. The Morgan fingerprint density at radius 2 is 1.42 bits per heavy atom. The smallest absolute Gasteiger partial charge is 0.477 e. The zero-order chi connectivity index (χ0) is 32.0. The Morgan fingerprint density at radius 1 is 0.860 bits per heavy atom. The van der Waals surface area contributed by atoms with Crippen LogP contribution in [-0.4, -0.2) is 54.3 Å². The van der Waals surface area contributed by atoms with Crippen molar-refractivity contribution in [3.63, 3.8) is 0 Å². The van der Waals surface area contributed by atoms with Gasteiger partial charge in [0.05, 0.1) is 19.1 Å². The van der Waals surface area contributed by atoms with Gasteiger partial charge in [0.15, 0.2) is 11.5 Å². The Hall–Kier alpha value is -3.34. The molecule has 1 aromatic carbocycles. The number of carboxylic acid groups (broad SMARTS) is 1. The van der Waals surface area contributed by atoms with E-state index < -0.39 is 30.0 Å². The minimum absolute atomic E-state index is 0.104. The highest BCUT2D eigenvalue weighted by molar-refractivity contribution is 5.83. The second-order valence-electron chi connectivity index (χ2n) is 11.7. The van der Waals surface area contributed by atoms with Crippen molar-refractivity contribution in [1.82, 2.24) is 5.32 Å². The van der Waals surface area contributed by atoms with Crippen LogP contribution in [0.25, 0.3) is 0 Å². The molecule has 3 unspecified atom stereocenters. The van der Waals surface area contributed by atoms with Crippen molar-refractivity contribution in [1.29, 1.82) is 0 Å². The largest absolute Gasteiger partial charge is 0.513 e. The molecule has 0 heterocycles. The molecule has 242 valence electrons. The van der Waals surface area contributed by atoms with Crippen molar-refractivity contribution in [3.8, 4) is 11.5 Å². The minimum Gasteiger partial charge on any atom is -0.477 e. The van der Waals surface area contributed by atoms with Gasteiger partial charge in [-0.15, -0.1) is 0 Å². The number of carbonyl (C=O) groups excluding carboxylic acids is 3. The van der Waals surface area contributed by atoms with E-state index in [0.717, 1.165) is 32.1 Å². The van der Waals surface area contributed by atoms with E-state index in [9.17, 15) is 24.3 Å². The van der Waals surface area contributed by atoms with Crippen LogP contribution in [0.2, 0.25) is 0 Å². The first kappa shape index (κ1) is 35.9. The van der Waals surface area contributed by atoms with E-state index in [0.29, 0.717) is 24.8 Å². The van der Waals surface area contributed by atoms with E-state index in [1.807, 2.05) is 34.6 Å². The topological polar surface area (TPSA) is 147 Å². The molecule has 2 rings (SSSR count). The van der Waals surface area contributed by atoms with Gasteiger partial charge in [0, 0.05) is 12.5 Å². The predicted molar refractivity (Wildman–Crippen MR) is 159 cm³/mol. The highest BCUT2D eigenvalue weighted by Gasteiger charge is 2.45. The summed E-state index contributed by atoms with van der Waals surface area (Å²) in [6, 6.07) is 3.95. The zero-order valence-corrected chi connectivity index (χ0v) is 26.4. The van der Waals surface area contributed by atoms with Crippen LogP contribution < -0.4 is 14.8 Å². The van der Waals surface area contributed by atoms with Gasteiger partial charge in [-0.25, -0.2) is 14.4 Å². The van der Waals surface area contributed by atoms with Gasteiger partial charge < -0.3 is 28.8 Å². The summed E-state index contributed by atoms with van der Waals surface area (Å²) in [5.41, 5.74) is -1.74. The van der Waals surface area contributed by atoms with E-state index in [1.54, 1.807) is 6.92 Å². The van der Waals surface area contributed by atoms with Crippen molar-refractivity contribution in [2.75, 3.05) is 13.2 Å². The molecular weight excluding hydrogens is 558 g/mol. The van der Waals surface area contributed by atoms with Crippen LogP contribution in [0.3, 0.4) is 0 Å². The minimum atomic E-state index is -2.09. The van der Waals surface area contributed by atoms with Gasteiger partial charge in [-0.2, -0.15) is 0 Å². The highest BCUT2D eigenvalue weighted by atomic mass is 16.7. The molecule has 0 spiro atoms. The van der Waals surface area contributed by atoms with Gasteiger partial charge in [0.25, 0.3) is 5.72 Å². The maximum atomic E-state index is 13.2. The standard InChI is InChI=1S/C32H49NO10/c1-7-21(4)19-39-30(37)41-26-16-15-24(17-27(26)42-31(38)40-20-22(5)8-2)18-32(29(35)36,33-23(6)9-3)43-28(34)25-13-11-10-12-14-25/h15-17,21-23,25,33H,7-14,18-20H2,1-6H3,(H,35,36)/t21?,22?,23?,32-/m0/s1. The number of rotatable bonds is 16. The molecule has 1 aliphatic rings. The Bertz CT molecular complexity index is 1070. The van der Waals surface area contributed by atoms with Crippen LogP contribution in [-0.2, 0) is 30.2 Å². The number of aliphatic carboxylic acids is 1. The third kappa shape index (κ3) is 11.7. The van der Waals surface area contributed by atoms with Crippen LogP contribution >= 0.6 is 0 Å². The number of benzene rings is 1. The first-order chi connectivity index (χ1) is 20.4. The third-order valence-corrected chi connectivity index (χ3v) is 7.86. The van der Waals surface area contributed by atoms with Crippen molar-refractivity contribution in [2.24, 2.45) is 17.8 Å². The molecule has 0 radical (unpaired) electrons. The predicted octanol–water partition coefficient (Wildman–Crippen LogP) is 6.64. The van der Waals surface area contributed by atoms with E-state index in [-0.39, 0.29) is 54.9 Å². The summed E-state index contributed by atoms with van der Waals surface area (Å²) >= 11 is 0. The summed E-state index contributed by atoms with van der Waals surface area (Å²) in [5, 5.41) is 13.4. The van der Waals surface area contributed by atoms with Crippen molar-refractivity contribution in [2.45, 2.75) is 111 Å². The van der Waals surface area contributed by atoms with Crippen LogP contribution in [0.5, 0.6) is 11.5 Å². The lowest BCUT2D eigenvalue weighted by atomic mass is 9.89. The molecule has 0 aromatic heterocycles. The van der Waals surface area contributed by atoms with Crippen LogP contribution in [0, 0.1) is 17.8 Å². The number of esters is 1. The van der Waals surface area contributed by atoms with Crippen molar-refractivity contribution in [3.05, 3.63) is 23.8 Å². The fraction of sp³-hybridized carbons (Fsp3) is 0.688. The second-order valence-corrected chi connectivity index (χ2v) is 11.7. The fourth-order valence-corrected chi connectivity index (χ4v) is 4.40. The van der Waals surface area contributed by atoms with Crippen LogP contribution in [0.1, 0.15) is 98.5 Å². The summed E-state index contributed by atoms with van der Waals surface area (Å²) < 4.78 is 26.9. The lowest BCUT2D eigenvalue weighted by molar-refractivity contribution is -0.188. The zero-order valence-electron chi connectivity index (χ0n) is 26.4. The molecule has 4 atom stereocenters. The molecule has 0 amide bonds. The van der Waals surface area contributed by atoms with Crippen LogP contribution in [0.4, 0.5) is 9.59 Å². The Labute approximate surface area is 254 Å². The Morgan fingerprint density at radius 3 is 1.93 bits per heavy atom. The molecular formula is C32H49NO10. The van der Waals surface area contributed by atoms with Gasteiger partial charge >= 0.3 is 24.2 Å². The van der Waals surface area contributed by atoms with E-state index in [4.69, 9.17) is 23.7 Å². The van der Waals surface area contributed by atoms with E-state index in [1.165, 1.54) is 18.2 Å². The average Bonchev–Trinajstić information content (AvgIpc) is 2.99. The van der Waals surface area contributed by atoms with E-state index in [2.05, 4.69) is 5.32 Å². The normalized spacial score (nSPS) is 17.1. The summed E-state index contributed by atoms with van der Waals surface area (Å²) in [6.45, 7) is 11.7. The number of hydrogen-bond acceptors (Lipinski definition) is 10. The molecule has 2 N–H and O–H groups in total. The fourth-order valence-electron chi connectivity index (χ4n) is 4.40. The SMILES string of the molecule is CCC(C)COC(=O)Oc1ccc(C[C@](NC(C)CC)(OC(=O)C2CCCCC2)C(=O)O)cc1OC(=O)OCC(C)CC. The van der Waals surface area contributed by atoms with Crippen molar-refractivity contribution < 1.29 is 48.0 Å². The molecule has 0 aliphatic heterocycles. The molecule has 11 heteroatoms. The summed E-state index contributed by atoms with van der Waals surface area (Å²) in [5.74, 6) is -2.36. The Balaban J connectivity index is 2.40. The third-order valence-electron chi connectivity index (χ3n) is 7.86. The Kier molecular flexibility index (Phi) is 14.8. The first-order valence-corrected chi connectivity index (χ1v) is 15.5. The molecule has 1 aliphatic carbocycles. The lowest BCUT2D eigenvalue weighted by Crippen LogP contribution is -2.60. The molecule has 1 fully saturated rings. The van der Waals surface area contributed by atoms with Gasteiger partial charge in [0.1, 0.15) is 0 Å². The van der Waals surface area contributed by atoms with Crippen molar-refractivity contribution >= 4 is 24.2 Å². The van der Waals surface area contributed by atoms with Gasteiger partial charge in [-0.1, -0.05) is 72.8 Å². The lowest BCUT2D eigenvalue weighted by Gasteiger charge is -2.35. The maximum Gasteiger partial charge on any atom is 0.513 e. The number of carboxylic acids is 1. The summed E-state index contributed by atoms with van der Waals surface area (Å²) in [7, 11) is 0. The monoisotopic (exact) mass is 607 g/mol.